The molecule has 13 nitrogen and oxygen atoms in total. The number of nitrogens with zero attached hydrogens (tertiary/aromatic N) is 6. The van der Waals surface area contributed by atoms with Gasteiger partial charge < -0.3 is 14.6 Å². The van der Waals surface area contributed by atoms with Crippen LogP contribution < -0.4 is 10.3 Å². The number of nitro groups is 1. The Bertz CT molecular complexity index is 1710. The topological polar surface area (TPSA) is 157 Å². The minimum atomic E-state index is -3.79. The first-order chi connectivity index (χ1) is 19.2. The summed E-state index contributed by atoms with van der Waals surface area (Å²) in [7, 11) is -3.79. The fraction of sp³-hybridized carbons (Fsp3) is 0.346. The van der Waals surface area contributed by atoms with Crippen molar-refractivity contribution < 1.29 is 18.1 Å². The normalized spacial score (nSPS) is 14.9. The van der Waals surface area contributed by atoms with Crippen molar-refractivity contribution in [3.8, 4) is 22.8 Å². The molecule has 0 unspecified atom stereocenters. The van der Waals surface area contributed by atoms with Gasteiger partial charge in [0.05, 0.1) is 22.0 Å². The third-order valence-electron chi connectivity index (χ3n) is 6.84. The zero-order chi connectivity index (χ0) is 28.4. The first kappa shape index (κ1) is 27.4. The molecule has 0 saturated carbocycles. The quantitative estimate of drug-likeness (QED) is 0.237. The summed E-state index contributed by atoms with van der Waals surface area (Å²) in [6.07, 6.45) is 2.13. The molecule has 0 bridgehead atoms. The van der Waals surface area contributed by atoms with Gasteiger partial charge in [-0.15, -0.1) is 0 Å². The van der Waals surface area contributed by atoms with Crippen molar-refractivity contribution in [1.82, 2.24) is 28.7 Å². The van der Waals surface area contributed by atoms with Crippen molar-refractivity contribution in [1.29, 1.82) is 0 Å². The third kappa shape index (κ3) is 5.20. The van der Waals surface area contributed by atoms with Gasteiger partial charge in [-0.3, -0.25) is 19.5 Å². The van der Waals surface area contributed by atoms with Gasteiger partial charge in [-0.2, -0.15) is 4.31 Å². The van der Waals surface area contributed by atoms with Crippen LogP contribution in [0.2, 0.25) is 0 Å². The van der Waals surface area contributed by atoms with Crippen molar-refractivity contribution >= 4 is 26.9 Å². The number of benzene rings is 2. The number of non-ortho nitro benzene ring substituents is 1. The van der Waals surface area contributed by atoms with Crippen LogP contribution in [0.3, 0.4) is 0 Å². The molecule has 2 aromatic heterocycles. The average molecular weight is 568 g/mol. The highest BCUT2D eigenvalue weighted by molar-refractivity contribution is 7.89. The Hall–Kier alpha value is -4.14. The number of likely N-dealkylation sites (N-methyl/N-ethyl adjacent to an activating group) is 1. The Labute approximate surface area is 230 Å². The molecule has 14 heteroatoms. The summed E-state index contributed by atoms with van der Waals surface area (Å²) in [5.41, 5.74) is 0.501. The van der Waals surface area contributed by atoms with Gasteiger partial charge in [0.1, 0.15) is 17.9 Å². The summed E-state index contributed by atoms with van der Waals surface area (Å²) in [4.78, 5) is 37.6. The van der Waals surface area contributed by atoms with E-state index in [4.69, 9.17) is 4.74 Å². The molecule has 210 valence electrons. The highest BCUT2D eigenvalue weighted by Gasteiger charge is 2.29. The van der Waals surface area contributed by atoms with E-state index in [9.17, 15) is 23.3 Å². The van der Waals surface area contributed by atoms with Gasteiger partial charge in [-0.25, -0.2) is 18.4 Å². The number of sulfonamides is 1. The van der Waals surface area contributed by atoms with Crippen molar-refractivity contribution in [2.24, 2.45) is 0 Å². The maximum atomic E-state index is 13.5. The maximum Gasteiger partial charge on any atom is 0.277 e. The number of H-pyrrole nitrogens is 1. The van der Waals surface area contributed by atoms with Crippen LogP contribution in [0.1, 0.15) is 20.3 Å². The number of piperazine rings is 1. The number of hydrogen-bond acceptors (Lipinski definition) is 9. The molecule has 5 rings (SSSR count). The molecule has 0 amide bonds. The van der Waals surface area contributed by atoms with Crippen LogP contribution in [-0.4, -0.2) is 81.4 Å². The Balaban J connectivity index is 1.56. The molecule has 0 spiro atoms. The van der Waals surface area contributed by atoms with Crippen molar-refractivity contribution in [3.05, 3.63) is 69.3 Å². The third-order valence-corrected chi connectivity index (χ3v) is 8.73. The molecule has 40 heavy (non-hydrogen) atoms. The molecule has 1 saturated heterocycles. The number of aromatic amines is 1. The van der Waals surface area contributed by atoms with E-state index in [1.807, 2.05) is 13.8 Å². The van der Waals surface area contributed by atoms with Gasteiger partial charge in [0, 0.05) is 44.0 Å². The smallest absolute Gasteiger partial charge is 0.277 e. The van der Waals surface area contributed by atoms with Gasteiger partial charge in [0.15, 0.2) is 11.2 Å². The van der Waals surface area contributed by atoms with E-state index >= 15 is 0 Å². The fourth-order valence-corrected chi connectivity index (χ4v) is 6.07. The Morgan fingerprint density at radius 2 is 1.80 bits per heavy atom. The van der Waals surface area contributed by atoms with Gasteiger partial charge in [-0.1, -0.05) is 13.8 Å². The second-order valence-electron chi connectivity index (χ2n) is 9.32. The molecule has 1 fully saturated rings. The van der Waals surface area contributed by atoms with E-state index in [1.165, 1.54) is 51.6 Å². The lowest BCUT2D eigenvalue weighted by Crippen LogP contribution is -2.48. The van der Waals surface area contributed by atoms with Crippen LogP contribution in [0.4, 0.5) is 5.69 Å². The van der Waals surface area contributed by atoms with E-state index in [-0.39, 0.29) is 27.6 Å². The highest BCUT2D eigenvalue weighted by Crippen LogP contribution is 2.32. The van der Waals surface area contributed by atoms with Crippen LogP contribution in [0, 0.1) is 10.1 Å². The largest absolute Gasteiger partial charge is 0.493 e. The zero-order valence-corrected chi connectivity index (χ0v) is 22.9. The molecule has 0 radical (unpaired) electrons. The summed E-state index contributed by atoms with van der Waals surface area (Å²) < 4.78 is 35.9. The predicted molar refractivity (Wildman–Crippen MR) is 148 cm³/mol. The van der Waals surface area contributed by atoms with Crippen LogP contribution in [0.15, 0.2) is 58.5 Å². The summed E-state index contributed by atoms with van der Waals surface area (Å²) in [5, 5.41) is 11.0. The van der Waals surface area contributed by atoms with E-state index in [0.29, 0.717) is 49.8 Å². The SMILES string of the molecule is CCCOc1ccc(S(=O)(=O)N2CCN(CC)CC2)cc1-c1nc2ncn(-c3ccc([N+](=O)[O-])cc3)c2c(=O)[nH]1. The monoisotopic (exact) mass is 567 g/mol. The first-order valence-electron chi connectivity index (χ1n) is 12.9. The number of aromatic nitrogens is 4. The Kier molecular flexibility index (Phi) is 7.65. The molecule has 0 aliphatic carbocycles. The lowest BCUT2D eigenvalue weighted by atomic mass is 10.2. The number of nitro benzene ring substituents is 1. The van der Waals surface area contributed by atoms with Crippen molar-refractivity contribution in [3.63, 3.8) is 0 Å². The van der Waals surface area contributed by atoms with Gasteiger partial charge in [-0.05, 0) is 43.3 Å². The Morgan fingerprint density at radius 1 is 1.07 bits per heavy atom. The van der Waals surface area contributed by atoms with E-state index in [1.54, 1.807) is 6.07 Å². The van der Waals surface area contributed by atoms with Crippen LogP contribution in [0.25, 0.3) is 28.2 Å². The zero-order valence-electron chi connectivity index (χ0n) is 22.1. The van der Waals surface area contributed by atoms with Crippen LogP contribution >= 0.6 is 0 Å². The summed E-state index contributed by atoms with van der Waals surface area (Å²) in [6.45, 7) is 7.34. The molecule has 3 heterocycles. The number of nitrogens with one attached hydrogen (secondary N) is 1. The lowest BCUT2D eigenvalue weighted by molar-refractivity contribution is -0.384. The Morgan fingerprint density at radius 3 is 2.45 bits per heavy atom. The molecular formula is C26H29N7O6S. The molecule has 0 atom stereocenters. The van der Waals surface area contributed by atoms with Gasteiger partial charge >= 0.3 is 0 Å². The lowest BCUT2D eigenvalue weighted by Gasteiger charge is -2.33. The minimum absolute atomic E-state index is 0.0791. The fourth-order valence-electron chi connectivity index (χ4n) is 4.62. The van der Waals surface area contributed by atoms with E-state index in [0.717, 1.165) is 13.0 Å². The van der Waals surface area contributed by atoms with Crippen molar-refractivity contribution in [2.45, 2.75) is 25.2 Å². The highest BCUT2D eigenvalue weighted by atomic mass is 32.2. The van der Waals surface area contributed by atoms with Crippen molar-refractivity contribution in [2.75, 3.05) is 39.3 Å². The van der Waals surface area contributed by atoms with Gasteiger partial charge in [0.25, 0.3) is 11.2 Å². The second kappa shape index (κ2) is 11.2. The predicted octanol–water partition coefficient (Wildman–Crippen LogP) is 2.80. The summed E-state index contributed by atoms with van der Waals surface area (Å²) in [6, 6.07) is 10.3. The summed E-state index contributed by atoms with van der Waals surface area (Å²) in [5.74, 6) is 0.499. The number of fused-ring (bicyclic) bond motifs is 1. The molecule has 1 aliphatic heterocycles. The second-order valence-corrected chi connectivity index (χ2v) is 11.3. The van der Waals surface area contributed by atoms with E-state index in [2.05, 4.69) is 19.9 Å². The molecule has 1 N–H and O–H groups in total. The number of rotatable bonds is 9. The molecule has 4 aromatic rings. The van der Waals surface area contributed by atoms with Crippen LogP contribution in [0.5, 0.6) is 5.75 Å². The van der Waals surface area contributed by atoms with Gasteiger partial charge in [0.2, 0.25) is 10.0 Å². The minimum Gasteiger partial charge on any atom is -0.493 e. The maximum absolute atomic E-state index is 13.5. The summed E-state index contributed by atoms with van der Waals surface area (Å²) >= 11 is 0. The number of hydrogen-bond donors (Lipinski definition) is 1. The molecular weight excluding hydrogens is 538 g/mol. The van der Waals surface area contributed by atoms with E-state index < -0.39 is 20.5 Å². The first-order valence-corrected chi connectivity index (χ1v) is 14.4. The molecule has 2 aromatic carbocycles. The average Bonchev–Trinajstić information content (AvgIpc) is 3.41. The number of ether oxygens (including phenoxy) is 1. The number of imidazole rings is 1. The van der Waals surface area contributed by atoms with Crippen LogP contribution in [-0.2, 0) is 10.0 Å². The molecule has 1 aliphatic rings. The standard InChI is InChI=1S/C26H29N7O6S/c1-3-15-39-22-10-9-20(40(37,38)31-13-11-30(4-2)12-14-31)16-21(22)24-28-25-23(26(34)29-24)32(17-27-25)18-5-7-19(8-6-18)33(35)36/h5-10,16-17H,3-4,11-15H2,1-2H3,(H,28,29,34).